The zero-order valence-electron chi connectivity index (χ0n) is 11.7. The van der Waals surface area contributed by atoms with Crippen LogP contribution in [-0.4, -0.2) is 11.5 Å². The van der Waals surface area contributed by atoms with Crippen molar-refractivity contribution in [3.8, 4) is 10.6 Å². The summed E-state index contributed by atoms with van der Waals surface area (Å²) in [5, 5.41) is 8.18. The molecule has 0 aliphatic rings. The van der Waals surface area contributed by atoms with E-state index in [1.54, 1.807) is 22.7 Å². The van der Waals surface area contributed by atoms with E-state index in [1.165, 1.54) is 20.5 Å². The standard InChI is InChI=1S/C16H18N2S2/c1-3-8-17-11(2)15-9-18-16(20-15)13-10-19-14-7-5-4-6-12(13)14/h4-7,9-11,17H,3,8H2,1-2H3. The normalized spacial score (nSPS) is 12.9. The van der Waals surface area contributed by atoms with Crippen LogP contribution in [0.15, 0.2) is 35.8 Å². The average molecular weight is 302 g/mol. The zero-order chi connectivity index (χ0) is 13.9. The van der Waals surface area contributed by atoms with Crippen LogP contribution in [0.25, 0.3) is 20.7 Å². The van der Waals surface area contributed by atoms with E-state index >= 15 is 0 Å². The molecule has 3 aromatic rings. The summed E-state index contributed by atoms with van der Waals surface area (Å²) in [6.07, 6.45) is 3.17. The van der Waals surface area contributed by atoms with E-state index in [9.17, 15) is 0 Å². The minimum atomic E-state index is 0.381. The predicted molar refractivity (Wildman–Crippen MR) is 89.6 cm³/mol. The van der Waals surface area contributed by atoms with E-state index in [2.05, 4.69) is 53.8 Å². The van der Waals surface area contributed by atoms with Crippen LogP contribution >= 0.6 is 22.7 Å². The van der Waals surface area contributed by atoms with Gasteiger partial charge in [0.15, 0.2) is 0 Å². The molecule has 20 heavy (non-hydrogen) atoms. The van der Waals surface area contributed by atoms with Crippen LogP contribution in [0.5, 0.6) is 0 Å². The van der Waals surface area contributed by atoms with Gasteiger partial charge in [-0.3, -0.25) is 0 Å². The monoisotopic (exact) mass is 302 g/mol. The molecule has 3 rings (SSSR count). The van der Waals surface area contributed by atoms with Crippen LogP contribution < -0.4 is 5.32 Å². The van der Waals surface area contributed by atoms with Crippen molar-refractivity contribution in [3.63, 3.8) is 0 Å². The van der Waals surface area contributed by atoms with Crippen LogP contribution in [0.4, 0.5) is 0 Å². The number of nitrogens with one attached hydrogen (secondary N) is 1. The first kappa shape index (κ1) is 13.7. The first-order valence-corrected chi connectivity index (χ1v) is 8.65. The second kappa shape index (κ2) is 6.04. The Hall–Kier alpha value is -1.23. The number of thiazole rings is 1. The van der Waals surface area contributed by atoms with Gasteiger partial charge in [0, 0.05) is 38.1 Å². The molecule has 0 aliphatic heterocycles. The Bertz CT molecular complexity index is 699. The summed E-state index contributed by atoms with van der Waals surface area (Å²) in [6.45, 7) is 5.45. The van der Waals surface area contributed by atoms with Gasteiger partial charge >= 0.3 is 0 Å². The summed E-state index contributed by atoms with van der Waals surface area (Å²) in [5.41, 5.74) is 1.27. The van der Waals surface area contributed by atoms with Crippen LogP contribution in [0, 0.1) is 0 Å². The van der Waals surface area contributed by atoms with Gasteiger partial charge in [-0.05, 0) is 26.0 Å². The number of fused-ring (bicyclic) bond motifs is 1. The Labute approximate surface area is 127 Å². The van der Waals surface area contributed by atoms with E-state index < -0.39 is 0 Å². The maximum Gasteiger partial charge on any atom is 0.125 e. The van der Waals surface area contributed by atoms with Gasteiger partial charge in [0.25, 0.3) is 0 Å². The summed E-state index contributed by atoms with van der Waals surface area (Å²) in [6, 6.07) is 8.92. The first-order valence-electron chi connectivity index (χ1n) is 6.95. The Kier molecular flexibility index (Phi) is 4.15. The van der Waals surface area contributed by atoms with Crippen LogP contribution in [0.3, 0.4) is 0 Å². The molecule has 0 spiro atoms. The van der Waals surface area contributed by atoms with Crippen molar-refractivity contribution in [3.05, 3.63) is 40.7 Å². The fraction of sp³-hybridized carbons (Fsp3) is 0.312. The van der Waals surface area contributed by atoms with Crippen molar-refractivity contribution in [1.29, 1.82) is 0 Å². The first-order chi connectivity index (χ1) is 9.79. The maximum absolute atomic E-state index is 4.62. The molecule has 0 amide bonds. The quantitative estimate of drug-likeness (QED) is 0.710. The highest BCUT2D eigenvalue weighted by molar-refractivity contribution is 7.19. The molecule has 1 atom stereocenters. The third kappa shape index (κ3) is 2.64. The molecule has 2 heterocycles. The van der Waals surface area contributed by atoms with Gasteiger partial charge in [-0.2, -0.15) is 0 Å². The van der Waals surface area contributed by atoms with Crippen molar-refractivity contribution in [1.82, 2.24) is 10.3 Å². The van der Waals surface area contributed by atoms with Crippen LogP contribution in [-0.2, 0) is 0 Å². The highest BCUT2D eigenvalue weighted by Crippen LogP contribution is 2.36. The van der Waals surface area contributed by atoms with Crippen LogP contribution in [0.1, 0.15) is 31.2 Å². The number of aromatic nitrogens is 1. The number of hydrogen-bond donors (Lipinski definition) is 1. The molecule has 0 radical (unpaired) electrons. The van der Waals surface area contributed by atoms with Gasteiger partial charge in [0.2, 0.25) is 0 Å². The van der Waals surface area contributed by atoms with E-state index in [4.69, 9.17) is 0 Å². The topological polar surface area (TPSA) is 24.9 Å². The van der Waals surface area contributed by atoms with Gasteiger partial charge in [-0.25, -0.2) is 4.98 Å². The zero-order valence-corrected chi connectivity index (χ0v) is 13.4. The Balaban J connectivity index is 1.90. The molecule has 0 saturated heterocycles. The highest BCUT2D eigenvalue weighted by Gasteiger charge is 2.13. The summed E-state index contributed by atoms with van der Waals surface area (Å²) in [7, 11) is 0. The fourth-order valence-corrected chi connectivity index (χ4v) is 4.21. The second-order valence-electron chi connectivity index (χ2n) is 4.89. The minimum Gasteiger partial charge on any atom is -0.309 e. The van der Waals surface area contributed by atoms with E-state index in [0.29, 0.717) is 6.04 Å². The molecule has 2 aromatic heterocycles. The number of nitrogens with zero attached hydrogens (tertiary/aromatic N) is 1. The SMILES string of the molecule is CCCNC(C)c1cnc(-c2csc3ccccc23)s1. The van der Waals surface area contributed by atoms with Gasteiger partial charge in [0.1, 0.15) is 5.01 Å². The second-order valence-corrected chi connectivity index (χ2v) is 6.86. The van der Waals surface area contributed by atoms with Gasteiger partial charge in [-0.1, -0.05) is 25.1 Å². The van der Waals surface area contributed by atoms with E-state index in [0.717, 1.165) is 18.0 Å². The fourth-order valence-electron chi connectivity index (χ4n) is 2.22. The van der Waals surface area contributed by atoms with Crippen molar-refractivity contribution >= 4 is 32.8 Å². The average Bonchev–Trinajstić information content (AvgIpc) is 3.10. The van der Waals surface area contributed by atoms with Gasteiger partial charge < -0.3 is 5.32 Å². The lowest BCUT2D eigenvalue weighted by Crippen LogP contribution is -2.18. The lowest BCUT2D eigenvalue weighted by molar-refractivity contribution is 0.577. The molecule has 4 heteroatoms. The molecule has 2 nitrogen and oxygen atoms in total. The Morgan fingerprint density at radius 2 is 2.15 bits per heavy atom. The molecule has 1 aromatic carbocycles. The Morgan fingerprint density at radius 3 is 3.00 bits per heavy atom. The molecule has 0 bridgehead atoms. The summed E-state index contributed by atoms with van der Waals surface area (Å²) < 4.78 is 1.33. The number of benzene rings is 1. The van der Waals surface area contributed by atoms with E-state index in [1.807, 2.05) is 6.20 Å². The molecule has 104 valence electrons. The molecule has 0 fully saturated rings. The molecule has 0 saturated carbocycles. The van der Waals surface area contributed by atoms with Crippen molar-refractivity contribution in [2.24, 2.45) is 0 Å². The maximum atomic E-state index is 4.62. The third-order valence-corrected chi connectivity index (χ3v) is 5.54. The summed E-state index contributed by atoms with van der Waals surface area (Å²) in [5.74, 6) is 0. The van der Waals surface area contributed by atoms with E-state index in [-0.39, 0.29) is 0 Å². The van der Waals surface area contributed by atoms with Gasteiger partial charge in [0.05, 0.1) is 0 Å². The molecule has 1 N–H and O–H groups in total. The van der Waals surface area contributed by atoms with Crippen molar-refractivity contribution in [2.45, 2.75) is 26.3 Å². The molecular formula is C16H18N2S2. The van der Waals surface area contributed by atoms with Crippen molar-refractivity contribution in [2.75, 3.05) is 6.54 Å². The summed E-state index contributed by atoms with van der Waals surface area (Å²) in [4.78, 5) is 5.93. The predicted octanol–water partition coefficient (Wildman–Crippen LogP) is 5.09. The minimum absolute atomic E-state index is 0.381. The summed E-state index contributed by atoms with van der Waals surface area (Å²) >= 11 is 3.59. The largest absolute Gasteiger partial charge is 0.309 e. The number of hydrogen-bond acceptors (Lipinski definition) is 4. The number of rotatable bonds is 5. The highest BCUT2D eigenvalue weighted by atomic mass is 32.1. The van der Waals surface area contributed by atoms with Crippen LogP contribution in [0.2, 0.25) is 0 Å². The third-order valence-electron chi connectivity index (χ3n) is 3.36. The smallest absolute Gasteiger partial charge is 0.125 e. The van der Waals surface area contributed by atoms with Crippen molar-refractivity contribution < 1.29 is 0 Å². The number of thiophene rings is 1. The Morgan fingerprint density at radius 1 is 1.30 bits per heavy atom. The molecule has 0 aliphatic carbocycles. The lowest BCUT2D eigenvalue weighted by atomic mass is 10.2. The lowest BCUT2D eigenvalue weighted by Gasteiger charge is -2.09. The molecular weight excluding hydrogens is 284 g/mol. The molecule has 1 unspecified atom stereocenters. The van der Waals surface area contributed by atoms with Gasteiger partial charge in [-0.15, -0.1) is 22.7 Å².